The first kappa shape index (κ1) is 13.3. The third kappa shape index (κ3) is 2.88. The van der Waals surface area contributed by atoms with Crippen molar-refractivity contribution < 1.29 is 9.84 Å². The number of hydrogen-bond acceptors (Lipinski definition) is 3. The Kier molecular flexibility index (Phi) is 4.19. The molecule has 0 aliphatic heterocycles. The Morgan fingerprint density at radius 3 is 2.44 bits per heavy atom. The number of benzene rings is 1. The maximum Gasteiger partial charge on any atom is 0.120 e. The first-order valence-corrected chi connectivity index (χ1v) is 5.51. The zero-order valence-corrected chi connectivity index (χ0v) is 10.8. The van der Waals surface area contributed by atoms with Crippen molar-refractivity contribution >= 4 is 11.6 Å². The average Bonchev–Trinajstić information content (AvgIpc) is 2.19. The summed E-state index contributed by atoms with van der Waals surface area (Å²) in [5, 5.41) is 13.7. The van der Waals surface area contributed by atoms with Gasteiger partial charge in [-0.15, -0.1) is 0 Å². The van der Waals surface area contributed by atoms with E-state index in [-0.39, 0.29) is 6.04 Å². The molecule has 4 heteroatoms. The molecule has 0 aliphatic rings. The van der Waals surface area contributed by atoms with E-state index in [1.165, 1.54) is 0 Å². The van der Waals surface area contributed by atoms with Gasteiger partial charge in [0.1, 0.15) is 5.75 Å². The summed E-state index contributed by atoms with van der Waals surface area (Å²) in [6.07, 6.45) is 0. The van der Waals surface area contributed by atoms with Crippen LogP contribution >= 0.6 is 11.6 Å². The lowest BCUT2D eigenvalue weighted by Crippen LogP contribution is -2.37. The number of likely N-dealkylation sites (N-methyl/N-ethyl adjacent to an activating group) is 1. The van der Waals surface area contributed by atoms with E-state index in [1.807, 2.05) is 12.1 Å². The van der Waals surface area contributed by atoms with Crippen LogP contribution in [0.25, 0.3) is 0 Å². The van der Waals surface area contributed by atoms with Gasteiger partial charge in [0.2, 0.25) is 0 Å². The van der Waals surface area contributed by atoms with E-state index < -0.39 is 5.60 Å². The summed E-state index contributed by atoms with van der Waals surface area (Å²) in [6, 6.07) is 5.22. The highest BCUT2D eigenvalue weighted by Gasteiger charge is 2.28. The normalized spacial score (nSPS) is 13.6. The highest BCUT2D eigenvalue weighted by atomic mass is 35.5. The van der Waals surface area contributed by atoms with Gasteiger partial charge in [-0.3, -0.25) is 0 Å². The van der Waals surface area contributed by atoms with Crippen molar-refractivity contribution in [1.29, 1.82) is 0 Å². The third-order valence-corrected chi connectivity index (χ3v) is 2.84. The van der Waals surface area contributed by atoms with E-state index >= 15 is 0 Å². The van der Waals surface area contributed by atoms with Gasteiger partial charge < -0.3 is 15.2 Å². The molecule has 3 nitrogen and oxygen atoms in total. The maximum atomic E-state index is 10.0. The fourth-order valence-corrected chi connectivity index (χ4v) is 2.04. The van der Waals surface area contributed by atoms with Crippen LogP contribution in [0.15, 0.2) is 18.2 Å². The van der Waals surface area contributed by atoms with Gasteiger partial charge >= 0.3 is 0 Å². The highest BCUT2D eigenvalue weighted by molar-refractivity contribution is 6.31. The Labute approximate surface area is 101 Å². The lowest BCUT2D eigenvalue weighted by atomic mass is 9.92. The van der Waals surface area contributed by atoms with Crippen LogP contribution in [0.4, 0.5) is 0 Å². The van der Waals surface area contributed by atoms with Crippen molar-refractivity contribution in [2.45, 2.75) is 25.5 Å². The Bertz CT molecular complexity index is 361. The summed E-state index contributed by atoms with van der Waals surface area (Å²) in [6.45, 7) is 3.49. The van der Waals surface area contributed by atoms with E-state index in [1.54, 1.807) is 34.1 Å². The smallest absolute Gasteiger partial charge is 0.120 e. The van der Waals surface area contributed by atoms with Gasteiger partial charge in [0.25, 0.3) is 0 Å². The SMILES string of the molecule is CNC(c1ccc(OC)cc1Cl)C(C)(C)O. The van der Waals surface area contributed by atoms with Crippen molar-refractivity contribution in [1.82, 2.24) is 5.32 Å². The predicted molar refractivity (Wildman–Crippen MR) is 66.1 cm³/mol. The third-order valence-electron chi connectivity index (χ3n) is 2.51. The second-order valence-corrected chi connectivity index (χ2v) is 4.67. The van der Waals surface area contributed by atoms with Crippen LogP contribution in [0.3, 0.4) is 0 Å². The topological polar surface area (TPSA) is 41.5 Å². The molecule has 0 saturated carbocycles. The maximum absolute atomic E-state index is 10.0. The monoisotopic (exact) mass is 243 g/mol. The molecule has 0 saturated heterocycles. The Morgan fingerprint density at radius 1 is 1.44 bits per heavy atom. The molecule has 16 heavy (non-hydrogen) atoms. The van der Waals surface area contributed by atoms with Gasteiger partial charge in [-0.2, -0.15) is 0 Å². The number of ether oxygens (including phenoxy) is 1. The molecule has 1 unspecified atom stereocenters. The Balaban J connectivity index is 3.12. The molecule has 1 aromatic carbocycles. The molecule has 90 valence electrons. The molecule has 0 aliphatic carbocycles. The van der Waals surface area contributed by atoms with Gasteiger partial charge in [0.15, 0.2) is 0 Å². The lowest BCUT2D eigenvalue weighted by molar-refractivity contribution is 0.0400. The van der Waals surface area contributed by atoms with E-state index in [4.69, 9.17) is 16.3 Å². The minimum Gasteiger partial charge on any atom is -0.497 e. The van der Waals surface area contributed by atoms with Crippen molar-refractivity contribution in [3.63, 3.8) is 0 Å². The Morgan fingerprint density at radius 2 is 2.06 bits per heavy atom. The second kappa shape index (κ2) is 5.04. The zero-order valence-electron chi connectivity index (χ0n) is 10.0. The number of methoxy groups -OCH3 is 1. The Hall–Kier alpha value is -0.770. The van der Waals surface area contributed by atoms with Crippen LogP contribution in [-0.4, -0.2) is 24.9 Å². The largest absolute Gasteiger partial charge is 0.497 e. The van der Waals surface area contributed by atoms with Crippen LogP contribution in [0.1, 0.15) is 25.5 Å². The molecule has 0 bridgehead atoms. The summed E-state index contributed by atoms with van der Waals surface area (Å²) in [5.74, 6) is 0.708. The minimum atomic E-state index is -0.882. The first-order chi connectivity index (χ1) is 7.40. The summed E-state index contributed by atoms with van der Waals surface area (Å²) in [5.41, 5.74) is -0.0232. The van der Waals surface area contributed by atoms with E-state index in [2.05, 4.69) is 5.32 Å². The molecule has 1 aromatic rings. The number of rotatable bonds is 4. The quantitative estimate of drug-likeness (QED) is 0.853. The van der Waals surface area contributed by atoms with Crippen molar-refractivity contribution in [2.75, 3.05) is 14.2 Å². The van der Waals surface area contributed by atoms with Crippen LogP contribution in [0.5, 0.6) is 5.75 Å². The molecule has 0 fully saturated rings. The van der Waals surface area contributed by atoms with E-state index in [9.17, 15) is 5.11 Å². The molecule has 2 N–H and O–H groups in total. The molecule has 0 aromatic heterocycles. The van der Waals surface area contributed by atoms with Crippen molar-refractivity contribution in [3.05, 3.63) is 28.8 Å². The molecule has 0 heterocycles. The van der Waals surface area contributed by atoms with Gasteiger partial charge in [0, 0.05) is 5.02 Å². The molecule has 1 atom stereocenters. The lowest BCUT2D eigenvalue weighted by Gasteiger charge is -2.30. The summed E-state index contributed by atoms with van der Waals surface area (Å²) < 4.78 is 5.08. The molecule has 0 radical (unpaired) electrons. The van der Waals surface area contributed by atoms with Gasteiger partial charge in [-0.05, 0) is 38.6 Å². The fraction of sp³-hybridized carbons (Fsp3) is 0.500. The molecule has 1 rings (SSSR count). The highest BCUT2D eigenvalue weighted by Crippen LogP contribution is 2.32. The predicted octanol–water partition coefficient (Wildman–Crippen LogP) is 2.38. The van der Waals surface area contributed by atoms with Gasteiger partial charge in [-0.1, -0.05) is 17.7 Å². The van der Waals surface area contributed by atoms with E-state index in [0.717, 1.165) is 5.56 Å². The van der Waals surface area contributed by atoms with Gasteiger partial charge in [0.05, 0.1) is 18.8 Å². The van der Waals surface area contributed by atoms with Crippen LogP contribution in [0.2, 0.25) is 5.02 Å². The van der Waals surface area contributed by atoms with Crippen LogP contribution < -0.4 is 10.1 Å². The summed E-state index contributed by atoms with van der Waals surface area (Å²) >= 11 is 6.16. The average molecular weight is 244 g/mol. The standard InChI is InChI=1S/C12H18ClNO2/c1-12(2,15)11(14-3)9-6-5-8(16-4)7-10(9)13/h5-7,11,14-15H,1-4H3. The van der Waals surface area contributed by atoms with Crippen molar-refractivity contribution in [2.24, 2.45) is 0 Å². The molecule has 0 amide bonds. The fourth-order valence-electron chi connectivity index (χ4n) is 1.76. The first-order valence-electron chi connectivity index (χ1n) is 5.13. The molecule has 0 spiro atoms. The number of hydrogen-bond donors (Lipinski definition) is 2. The van der Waals surface area contributed by atoms with Gasteiger partial charge in [-0.25, -0.2) is 0 Å². The number of halogens is 1. The number of nitrogens with one attached hydrogen (secondary N) is 1. The number of aliphatic hydroxyl groups is 1. The molecular formula is C12H18ClNO2. The second-order valence-electron chi connectivity index (χ2n) is 4.26. The summed E-state index contributed by atoms with van der Waals surface area (Å²) in [7, 11) is 3.39. The van der Waals surface area contributed by atoms with Crippen LogP contribution in [-0.2, 0) is 0 Å². The minimum absolute atomic E-state index is 0.217. The zero-order chi connectivity index (χ0) is 12.3. The van der Waals surface area contributed by atoms with Crippen LogP contribution in [0, 0.1) is 0 Å². The van der Waals surface area contributed by atoms with Crippen molar-refractivity contribution in [3.8, 4) is 5.75 Å². The van der Waals surface area contributed by atoms with E-state index in [0.29, 0.717) is 10.8 Å². The summed E-state index contributed by atoms with van der Waals surface area (Å²) in [4.78, 5) is 0. The molecular weight excluding hydrogens is 226 g/mol.